The molecule has 4 nitrogen and oxygen atoms in total. The quantitative estimate of drug-likeness (QED) is 0.864. The second-order valence-electron chi connectivity index (χ2n) is 7.86. The first-order valence-corrected chi connectivity index (χ1v) is 8.63. The third kappa shape index (κ3) is 4.43. The summed E-state index contributed by atoms with van der Waals surface area (Å²) in [5.41, 5.74) is 6.36. The van der Waals surface area contributed by atoms with Gasteiger partial charge in [0, 0.05) is 32.1 Å². The molecule has 0 aromatic rings. The minimum Gasteiger partial charge on any atom is -0.343 e. The van der Waals surface area contributed by atoms with Gasteiger partial charge in [0.2, 0.25) is 5.91 Å². The van der Waals surface area contributed by atoms with E-state index < -0.39 is 0 Å². The van der Waals surface area contributed by atoms with Gasteiger partial charge in [-0.3, -0.25) is 9.69 Å². The third-order valence-corrected chi connectivity index (χ3v) is 5.41. The van der Waals surface area contributed by atoms with E-state index in [1.807, 2.05) is 4.90 Å². The van der Waals surface area contributed by atoms with Crippen molar-refractivity contribution < 1.29 is 4.79 Å². The van der Waals surface area contributed by atoms with Crippen molar-refractivity contribution in [3.8, 4) is 0 Å². The smallest absolute Gasteiger partial charge is 0.224 e. The lowest BCUT2D eigenvalue weighted by Crippen LogP contribution is -2.48. The maximum Gasteiger partial charge on any atom is 0.224 e. The predicted molar refractivity (Wildman–Crippen MR) is 87.0 cm³/mol. The van der Waals surface area contributed by atoms with Crippen molar-refractivity contribution in [2.24, 2.45) is 17.1 Å². The zero-order chi connectivity index (χ0) is 15.5. The van der Waals surface area contributed by atoms with Crippen LogP contribution in [0.5, 0.6) is 0 Å². The second-order valence-corrected chi connectivity index (χ2v) is 7.86. The highest BCUT2D eigenvalue weighted by Gasteiger charge is 2.32. The van der Waals surface area contributed by atoms with Gasteiger partial charge in [-0.25, -0.2) is 0 Å². The molecule has 21 heavy (non-hydrogen) atoms. The standard InChI is InChI=1S/C17H33N3O/c1-17(2,3)14-6-10-19(11-7-14)15(13-18)12-16(21)20-8-4-5-9-20/h14-15H,4-13,18H2,1-3H3. The zero-order valence-electron chi connectivity index (χ0n) is 14.1. The highest BCUT2D eigenvalue weighted by atomic mass is 16.2. The van der Waals surface area contributed by atoms with Crippen LogP contribution in [0.15, 0.2) is 0 Å². The van der Waals surface area contributed by atoms with E-state index in [4.69, 9.17) is 5.73 Å². The van der Waals surface area contributed by atoms with Gasteiger partial charge >= 0.3 is 0 Å². The molecular weight excluding hydrogens is 262 g/mol. The lowest BCUT2D eigenvalue weighted by molar-refractivity contribution is -0.131. The van der Waals surface area contributed by atoms with Crippen molar-refractivity contribution in [1.82, 2.24) is 9.80 Å². The molecule has 122 valence electrons. The van der Waals surface area contributed by atoms with E-state index in [1.54, 1.807) is 0 Å². The first-order chi connectivity index (χ1) is 9.91. The van der Waals surface area contributed by atoms with Crippen molar-refractivity contribution >= 4 is 5.91 Å². The number of likely N-dealkylation sites (tertiary alicyclic amines) is 2. The van der Waals surface area contributed by atoms with Gasteiger partial charge in [0.25, 0.3) is 0 Å². The number of carbonyl (C=O) groups is 1. The van der Waals surface area contributed by atoms with Crippen LogP contribution in [0.3, 0.4) is 0 Å². The Bertz CT molecular complexity index is 336. The summed E-state index contributed by atoms with van der Waals surface area (Å²) in [5.74, 6) is 1.10. The van der Waals surface area contributed by atoms with E-state index in [0.717, 1.165) is 44.9 Å². The van der Waals surface area contributed by atoms with E-state index >= 15 is 0 Å². The summed E-state index contributed by atoms with van der Waals surface area (Å²) in [6.45, 7) is 11.7. The number of hydrogen-bond acceptors (Lipinski definition) is 3. The average molecular weight is 295 g/mol. The maximum atomic E-state index is 12.3. The lowest BCUT2D eigenvalue weighted by Gasteiger charge is -2.41. The Balaban J connectivity index is 1.83. The van der Waals surface area contributed by atoms with Crippen LogP contribution in [0.2, 0.25) is 0 Å². The summed E-state index contributed by atoms with van der Waals surface area (Å²) < 4.78 is 0. The zero-order valence-corrected chi connectivity index (χ0v) is 14.1. The van der Waals surface area contributed by atoms with Crippen molar-refractivity contribution in [2.45, 2.75) is 58.9 Å². The molecule has 0 aromatic heterocycles. The number of piperidine rings is 1. The molecule has 0 aromatic carbocycles. The molecule has 4 heteroatoms. The van der Waals surface area contributed by atoms with Gasteiger partial charge in [-0.1, -0.05) is 20.8 Å². The van der Waals surface area contributed by atoms with Crippen LogP contribution in [-0.2, 0) is 4.79 Å². The lowest BCUT2D eigenvalue weighted by atomic mass is 9.75. The van der Waals surface area contributed by atoms with E-state index in [1.165, 1.54) is 12.8 Å². The number of amides is 1. The molecule has 2 heterocycles. The number of rotatable bonds is 4. The third-order valence-electron chi connectivity index (χ3n) is 5.41. The van der Waals surface area contributed by atoms with E-state index in [-0.39, 0.29) is 6.04 Å². The van der Waals surface area contributed by atoms with Crippen molar-refractivity contribution in [3.05, 3.63) is 0 Å². The highest BCUT2D eigenvalue weighted by Crippen LogP contribution is 2.34. The molecule has 2 aliphatic heterocycles. The van der Waals surface area contributed by atoms with E-state index in [9.17, 15) is 4.79 Å². The Morgan fingerprint density at radius 1 is 1.14 bits per heavy atom. The molecule has 2 aliphatic rings. The Labute approximate surface area is 130 Å². The number of hydrogen-bond donors (Lipinski definition) is 1. The summed E-state index contributed by atoms with van der Waals surface area (Å²) >= 11 is 0. The molecular formula is C17H33N3O. The fraction of sp³-hybridized carbons (Fsp3) is 0.941. The molecule has 1 amide bonds. The van der Waals surface area contributed by atoms with Gasteiger partial charge in [-0.05, 0) is 50.1 Å². The van der Waals surface area contributed by atoms with Crippen LogP contribution < -0.4 is 5.73 Å². The van der Waals surface area contributed by atoms with Gasteiger partial charge in [-0.15, -0.1) is 0 Å². The van der Waals surface area contributed by atoms with Crippen LogP contribution in [0.25, 0.3) is 0 Å². The predicted octanol–water partition coefficient (Wildman–Crippen LogP) is 2.08. The SMILES string of the molecule is CC(C)(C)C1CCN(C(CN)CC(=O)N2CCCC2)CC1. The topological polar surface area (TPSA) is 49.6 Å². The van der Waals surface area contributed by atoms with E-state index in [0.29, 0.717) is 24.3 Å². The van der Waals surface area contributed by atoms with Crippen LogP contribution >= 0.6 is 0 Å². The molecule has 2 N–H and O–H groups in total. The molecule has 0 spiro atoms. The van der Waals surface area contributed by atoms with Crippen LogP contribution in [-0.4, -0.2) is 54.5 Å². The minimum absolute atomic E-state index is 0.235. The molecule has 0 bridgehead atoms. The van der Waals surface area contributed by atoms with Crippen molar-refractivity contribution in [3.63, 3.8) is 0 Å². The molecule has 1 atom stereocenters. The molecule has 2 saturated heterocycles. The first-order valence-electron chi connectivity index (χ1n) is 8.63. The van der Waals surface area contributed by atoms with Gasteiger partial charge in [0.05, 0.1) is 0 Å². The van der Waals surface area contributed by atoms with Crippen LogP contribution in [0.1, 0.15) is 52.9 Å². The average Bonchev–Trinajstić information content (AvgIpc) is 2.98. The van der Waals surface area contributed by atoms with Gasteiger partial charge in [0.15, 0.2) is 0 Å². The van der Waals surface area contributed by atoms with E-state index in [2.05, 4.69) is 25.7 Å². The fourth-order valence-corrected chi connectivity index (χ4v) is 3.79. The minimum atomic E-state index is 0.235. The van der Waals surface area contributed by atoms with Crippen molar-refractivity contribution in [2.75, 3.05) is 32.7 Å². The molecule has 0 aliphatic carbocycles. The summed E-state index contributed by atoms with van der Waals surface area (Å²) in [5, 5.41) is 0. The fourth-order valence-electron chi connectivity index (χ4n) is 3.79. The van der Waals surface area contributed by atoms with Gasteiger partial charge in [-0.2, -0.15) is 0 Å². The molecule has 0 radical (unpaired) electrons. The first kappa shape index (κ1) is 16.8. The molecule has 1 unspecified atom stereocenters. The monoisotopic (exact) mass is 295 g/mol. The van der Waals surface area contributed by atoms with Crippen molar-refractivity contribution in [1.29, 1.82) is 0 Å². The Morgan fingerprint density at radius 2 is 1.71 bits per heavy atom. The maximum absolute atomic E-state index is 12.3. The van der Waals surface area contributed by atoms with Crippen LogP contribution in [0, 0.1) is 11.3 Å². The molecule has 0 saturated carbocycles. The number of nitrogens with two attached hydrogens (primary N) is 1. The van der Waals surface area contributed by atoms with Gasteiger partial charge < -0.3 is 10.6 Å². The Kier molecular flexibility index (Phi) is 5.67. The summed E-state index contributed by atoms with van der Waals surface area (Å²) in [4.78, 5) is 16.8. The summed E-state index contributed by atoms with van der Waals surface area (Å²) in [6.07, 6.45) is 5.40. The largest absolute Gasteiger partial charge is 0.343 e. The summed E-state index contributed by atoms with van der Waals surface area (Å²) in [7, 11) is 0. The number of carbonyl (C=O) groups excluding carboxylic acids is 1. The molecule has 2 fully saturated rings. The molecule has 2 rings (SSSR count). The normalized spacial score (nSPS) is 23.5. The summed E-state index contributed by atoms with van der Waals surface area (Å²) in [6, 6.07) is 0.235. The Hall–Kier alpha value is -0.610. The van der Waals surface area contributed by atoms with Gasteiger partial charge in [0.1, 0.15) is 0 Å². The highest BCUT2D eigenvalue weighted by molar-refractivity contribution is 5.77. The second kappa shape index (κ2) is 7.10. The number of nitrogens with zero attached hydrogens (tertiary/aromatic N) is 2. The van der Waals surface area contributed by atoms with Crippen LogP contribution in [0.4, 0.5) is 0 Å². The Morgan fingerprint density at radius 3 is 2.19 bits per heavy atom.